The monoisotopic (exact) mass is 444 g/mol. The molecule has 2 aliphatic heterocycles. The molecule has 0 amide bonds. The molecule has 0 saturated carbocycles. The molecule has 1 aromatic carbocycles. The van der Waals surface area contributed by atoms with Crippen LogP contribution in [0.4, 0.5) is 11.5 Å². The van der Waals surface area contributed by atoms with Crippen LogP contribution in [0.5, 0.6) is 0 Å². The lowest BCUT2D eigenvalue weighted by Gasteiger charge is -2.36. The number of halogens is 2. The van der Waals surface area contributed by atoms with Gasteiger partial charge in [-0.3, -0.25) is 5.10 Å². The van der Waals surface area contributed by atoms with E-state index in [1.54, 1.807) is 6.07 Å². The number of benzene rings is 1. The van der Waals surface area contributed by atoms with E-state index in [1.807, 2.05) is 18.2 Å². The van der Waals surface area contributed by atoms with E-state index in [4.69, 9.17) is 23.2 Å². The SMILES string of the molecule is CC(c1cc(Cl)ccc1Cl)N1CCNc2nnc(-c3n[nH]c(CC4CNC4)n3)cc21. The van der Waals surface area contributed by atoms with Gasteiger partial charge in [0, 0.05) is 29.6 Å². The highest BCUT2D eigenvalue weighted by molar-refractivity contribution is 6.33. The molecule has 1 fully saturated rings. The molecule has 1 atom stereocenters. The molecule has 1 unspecified atom stereocenters. The van der Waals surface area contributed by atoms with E-state index in [-0.39, 0.29) is 6.04 Å². The Morgan fingerprint density at radius 3 is 2.87 bits per heavy atom. The third-order valence-electron chi connectivity index (χ3n) is 5.71. The molecule has 0 aliphatic carbocycles. The Morgan fingerprint density at radius 1 is 1.20 bits per heavy atom. The first-order valence-corrected chi connectivity index (χ1v) is 10.8. The maximum absolute atomic E-state index is 6.47. The van der Waals surface area contributed by atoms with Gasteiger partial charge in [-0.15, -0.1) is 10.2 Å². The average Bonchev–Trinajstić information content (AvgIpc) is 3.20. The van der Waals surface area contributed by atoms with Crippen LogP contribution in [0.15, 0.2) is 24.3 Å². The number of aromatic amines is 1. The van der Waals surface area contributed by atoms with Crippen molar-refractivity contribution in [3.8, 4) is 11.5 Å². The van der Waals surface area contributed by atoms with Gasteiger partial charge in [0.05, 0.1) is 11.7 Å². The smallest absolute Gasteiger partial charge is 0.201 e. The lowest BCUT2D eigenvalue weighted by molar-refractivity contribution is 0.341. The van der Waals surface area contributed by atoms with Gasteiger partial charge in [0.15, 0.2) is 5.82 Å². The third kappa shape index (κ3) is 3.71. The number of fused-ring (bicyclic) bond motifs is 1. The molecular weight excluding hydrogens is 423 g/mol. The second-order valence-corrected chi connectivity index (χ2v) is 8.60. The highest BCUT2D eigenvalue weighted by Crippen LogP contribution is 2.37. The number of rotatable bonds is 5. The van der Waals surface area contributed by atoms with E-state index >= 15 is 0 Å². The van der Waals surface area contributed by atoms with Crippen molar-refractivity contribution in [2.45, 2.75) is 19.4 Å². The Hall–Kier alpha value is -2.42. The molecule has 0 radical (unpaired) electrons. The molecule has 8 nitrogen and oxygen atoms in total. The van der Waals surface area contributed by atoms with Crippen molar-refractivity contribution in [2.24, 2.45) is 5.92 Å². The van der Waals surface area contributed by atoms with Gasteiger partial charge in [-0.25, -0.2) is 4.98 Å². The zero-order valence-electron chi connectivity index (χ0n) is 16.5. The molecule has 5 rings (SSSR count). The van der Waals surface area contributed by atoms with Crippen LogP contribution in [0.3, 0.4) is 0 Å². The number of nitrogens with one attached hydrogen (secondary N) is 3. The van der Waals surface area contributed by atoms with Crippen LogP contribution in [0, 0.1) is 5.92 Å². The van der Waals surface area contributed by atoms with Gasteiger partial charge in [-0.1, -0.05) is 23.2 Å². The van der Waals surface area contributed by atoms with E-state index in [1.165, 1.54) is 0 Å². The van der Waals surface area contributed by atoms with Gasteiger partial charge < -0.3 is 15.5 Å². The van der Waals surface area contributed by atoms with Gasteiger partial charge in [0.1, 0.15) is 11.5 Å². The summed E-state index contributed by atoms with van der Waals surface area (Å²) in [5, 5.41) is 24.1. The topological polar surface area (TPSA) is 94.6 Å². The van der Waals surface area contributed by atoms with Crippen molar-refractivity contribution in [3.63, 3.8) is 0 Å². The van der Waals surface area contributed by atoms with Crippen molar-refractivity contribution >= 4 is 34.7 Å². The number of H-pyrrole nitrogens is 1. The number of hydrogen-bond donors (Lipinski definition) is 3. The summed E-state index contributed by atoms with van der Waals surface area (Å²) in [5.74, 6) is 2.80. The molecule has 0 bridgehead atoms. The van der Waals surface area contributed by atoms with Gasteiger partial charge in [-0.2, -0.15) is 5.10 Å². The summed E-state index contributed by atoms with van der Waals surface area (Å²) in [6.45, 7) is 5.74. The van der Waals surface area contributed by atoms with Gasteiger partial charge >= 0.3 is 0 Å². The minimum Gasteiger partial charge on any atom is -0.365 e. The number of nitrogens with zero attached hydrogens (tertiary/aromatic N) is 5. The van der Waals surface area contributed by atoms with E-state index in [9.17, 15) is 0 Å². The Kier molecular flexibility index (Phi) is 5.22. The first-order valence-electron chi connectivity index (χ1n) is 10.0. The zero-order valence-corrected chi connectivity index (χ0v) is 18.0. The van der Waals surface area contributed by atoms with Crippen LogP contribution in [-0.2, 0) is 6.42 Å². The first kappa shape index (κ1) is 19.5. The van der Waals surface area contributed by atoms with Crippen LogP contribution in [0.2, 0.25) is 10.0 Å². The molecule has 30 heavy (non-hydrogen) atoms. The third-order valence-corrected chi connectivity index (χ3v) is 6.29. The maximum atomic E-state index is 6.47. The number of anilines is 2. The molecule has 2 aromatic heterocycles. The molecule has 0 spiro atoms. The van der Waals surface area contributed by atoms with Crippen molar-refractivity contribution in [3.05, 3.63) is 45.7 Å². The van der Waals surface area contributed by atoms with Crippen LogP contribution in [0.25, 0.3) is 11.5 Å². The summed E-state index contributed by atoms with van der Waals surface area (Å²) in [4.78, 5) is 6.89. The predicted molar refractivity (Wildman–Crippen MR) is 118 cm³/mol. The van der Waals surface area contributed by atoms with Crippen molar-refractivity contribution in [2.75, 3.05) is 36.4 Å². The molecule has 156 valence electrons. The number of hydrogen-bond acceptors (Lipinski definition) is 7. The Balaban J connectivity index is 1.45. The van der Waals surface area contributed by atoms with Crippen molar-refractivity contribution in [1.29, 1.82) is 0 Å². The summed E-state index contributed by atoms with van der Waals surface area (Å²) < 4.78 is 0. The average molecular weight is 445 g/mol. The Bertz CT molecular complexity index is 1060. The lowest BCUT2D eigenvalue weighted by atomic mass is 9.99. The van der Waals surface area contributed by atoms with Crippen molar-refractivity contribution < 1.29 is 0 Å². The minimum atomic E-state index is 0.0166. The summed E-state index contributed by atoms with van der Waals surface area (Å²) in [7, 11) is 0. The van der Waals surface area contributed by atoms with Crippen LogP contribution >= 0.6 is 23.2 Å². The highest BCUT2D eigenvalue weighted by atomic mass is 35.5. The molecular formula is C20H22Cl2N8. The molecule has 4 heterocycles. The fourth-order valence-corrected chi connectivity index (χ4v) is 4.38. The lowest BCUT2D eigenvalue weighted by Crippen LogP contribution is -2.43. The number of aromatic nitrogens is 5. The standard InChI is InChI=1S/C20H22Cl2N8/c1-11(14-7-13(21)2-3-15(14)22)30-5-4-24-20-17(30)8-16(26-29-20)19-25-18(27-28-19)6-12-9-23-10-12/h2-3,7-8,11-12,23H,4-6,9-10H2,1H3,(H,24,29)(H,25,27,28). The van der Waals surface area contributed by atoms with Gasteiger partial charge in [0.2, 0.25) is 5.82 Å². The summed E-state index contributed by atoms with van der Waals surface area (Å²) in [6, 6.07) is 7.56. The normalized spacial score (nSPS) is 17.2. The second-order valence-electron chi connectivity index (χ2n) is 7.76. The Labute approximate surface area is 184 Å². The van der Waals surface area contributed by atoms with E-state index in [2.05, 4.69) is 47.8 Å². The predicted octanol–water partition coefficient (Wildman–Crippen LogP) is 3.32. The van der Waals surface area contributed by atoms with Gasteiger partial charge in [-0.05, 0) is 55.8 Å². The fourth-order valence-electron chi connectivity index (χ4n) is 3.92. The van der Waals surface area contributed by atoms with Crippen LogP contribution in [0.1, 0.15) is 24.4 Å². The summed E-state index contributed by atoms with van der Waals surface area (Å²) in [6.07, 6.45) is 0.885. The molecule has 2 aliphatic rings. The quantitative estimate of drug-likeness (QED) is 0.555. The van der Waals surface area contributed by atoms with E-state index in [0.29, 0.717) is 27.5 Å². The van der Waals surface area contributed by atoms with E-state index in [0.717, 1.165) is 55.5 Å². The fraction of sp³-hybridized carbons (Fsp3) is 0.400. The van der Waals surface area contributed by atoms with E-state index < -0.39 is 0 Å². The summed E-state index contributed by atoms with van der Waals surface area (Å²) >= 11 is 12.7. The maximum Gasteiger partial charge on any atom is 0.201 e. The largest absolute Gasteiger partial charge is 0.365 e. The Morgan fingerprint density at radius 2 is 2.07 bits per heavy atom. The summed E-state index contributed by atoms with van der Waals surface area (Å²) in [5.41, 5.74) is 2.56. The minimum absolute atomic E-state index is 0.0166. The zero-order chi connectivity index (χ0) is 20.7. The molecule has 3 aromatic rings. The van der Waals surface area contributed by atoms with Crippen LogP contribution < -0.4 is 15.5 Å². The van der Waals surface area contributed by atoms with Crippen LogP contribution in [-0.4, -0.2) is 51.6 Å². The molecule has 3 N–H and O–H groups in total. The first-order chi connectivity index (χ1) is 14.6. The van der Waals surface area contributed by atoms with Gasteiger partial charge in [0.25, 0.3) is 0 Å². The second kappa shape index (κ2) is 8.02. The molecule has 10 heteroatoms. The van der Waals surface area contributed by atoms with Crippen molar-refractivity contribution in [1.82, 2.24) is 30.7 Å². The molecule has 1 saturated heterocycles. The highest BCUT2D eigenvalue weighted by Gasteiger charge is 2.27.